The second-order valence-corrected chi connectivity index (χ2v) is 2.39. The second kappa shape index (κ2) is 2.69. The van der Waals surface area contributed by atoms with Gasteiger partial charge in [0.1, 0.15) is 0 Å². The molecule has 2 nitrogen and oxygen atoms in total. The molecule has 0 aromatic heterocycles. The van der Waals surface area contributed by atoms with Crippen LogP contribution in [0.4, 0.5) is 0 Å². The van der Waals surface area contributed by atoms with Gasteiger partial charge in [-0.25, -0.2) is 0 Å². The molecule has 0 spiro atoms. The first kappa shape index (κ1) is 7.06. The molecule has 0 unspecified atom stereocenters. The van der Waals surface area contributed by atoms with Crippen LogP contribution in [0.5, 0.6) is 0 Å². The molecule has 0 N–H and O–H groups in total. The van der Waals surface area contributed by atoms with Crippen LogP contribution >= 0.6 is 0 Å². The average molecular weight is 137 g/mol. The number of carbonyl (C=O) groups excluding carboxylic acids is 1. The summed E-state index contributed by atoms with van der Waals surface area (Å²) in [6, 6.07) is 0. The SMILES string of the molecule is C=CCN1CCC(=C)C1=O. The van der Waals surface area contributed by atoms with Gasteiger partial charge in [-0.2, -0.15) is 0 Å². The Morgan fingerprint density at radius 3 is 2.80 bits per heavy atom. The molecule has 10 heavy (non-hydrogen) atoms. The van der Waals surface area contributed by atoms with Gasteiger partial charge < -0.3 is 4.90 Å². The number of rotatable bonds is 2. The van der Waals surface area contributed by atoms with Crippen molar-refractivity contribution in [2.24, 2.45) is 0 Å². The van der Waals surface area contributed by atoms with E-state index in [1.165, 1.54) is 0 Å². The Morgan fingerprint density at radius 2 is 2.40 bits per heavy atom. The quantitative estimate of drug-likeness (QED) is 0.410. The molecule has 1 amide bonds. The van der Waals surface area contributed by atoms with Gasteiger partial charge in [-0.15, -0.1) is 6.58 Å². The molecule has 1 aliphatic heterocycles. The van der Waals surface area contributed by atoms with Crippen molar-refractivity contribution in [3.63, 3.8) is 0 Å². The smallest absolute Gasteiger partial charge is 0.249 e. The highest BCUT2D eigenvalue weighted by molar-refractivity contribution is 5.95. The molecule has 1 fully saturated rings. The minimum atomic E-state index is 0.0832. The maximum absolute atomic E-state index is 11.1. The molecule has 1 rings (SSSR count). The number of likely N-dealkylation sites (tertiary alicyclic amines) is 1. The van der Waals surface area contributed by atoms with Gasteiger partial charge in [0.15, 0.2) is 0 Å². The van der Waals surface area contributed by atoms with Crippen molar-refractivity contribution in [2.75, 3.05) is 13.1 Å². The van der Waals surface area contributed by atoms with Crippen molar-refractivity contribution < 1.29 is 4.79 Å². The molecule has 54 valence electrons. The lowest BCUT2D eigenvalue weighted by Gasteiger charge is -2.10. The number of hydrogen-bond donors (Lipinski definition) is 0. The minimum Gasteiger partial charge on any atom is -0.335 e. The lowest BCUT2D eigenvalue weighted by molar-refractivity contribution is -0.124. The van der Waals surface area contributed by atoms with Crippen molar-refractivity contribution in [3.8, 4) is 0 Å². The largest absolute Gasteiger partial charge is 0.335 e. The molecule has 0 aromatic rings. The van der Waals surface area contributed by atoms with Crippen LogP contribution in [-0.4, -0.2) is 23.9 Å². The first-order valence-corrected chi connectivity index (χ1v) is 3.33. The van der Waals surface area contributed by atoms with E-state index < -0.39 is 0 Å². The molecule has 1 heterocycles. The fraction of sp³-hybridized carbons (Fsp3) is 0.375. The highest BCUT2D eigenvalue weighted by atomic mass is 16.2. The number of hydrogen-bond acceptors (Lipinski definition) is 1. The van der Waals surface area contributed by atoms with E-state index in [9.17, 15) is 4.79 Å². The van der Waals surface area contributed by atoms with Gasteiger partial charge in [-0.1, -0.05) is 12.7 Å². The first-order valence-electron chi connectivity index (χ1n) is 3.33. The van der Waals surface area contributed by atoms with Crippen molar-refractivity contribution in [1.82, 2.24) is 4.90 Å². The van der Waals surface area contributed by atoms with Crippen LogP contribution in [0, 0.1) is 0 Å². The zero-order valence-corrected chi connectivity index (χ0v) is 5.97. The standard InChI is InChI=1S/C8H11NO/c1-3-5-9-6-4-7(2)8(9)10/h3H,1-2,4-6H2. The van der Waals surface area contributed by atoms with E-state index in [0.717, 1.165) is 18.5 Å². The van der Waals surface area contributed by atoms with Crippen LogP contribution in [-0.2, 0) is 4.79 Å². The van der Waals surface area contributed by atoms with E-state index in [2.05, 4.69) is 13.2 Å². The van der Waals surface area contributed by atoms with E-state index >= 15 is 0 Å². The molecule has 0 aromatic carbocycles. The van der Waals surface area contributed by atoms with Gasteiger partial charge in [-0.05, 0) is 6.42 Å². The average Bonchev–Trinajstić information content (AvgIpc) is 2.20. The van der Waals surface area contributed by atoms with Crippen molar-refractivity contribution in [1.29, 1.82) is 0 Å². The molecule has 0 atom stereocenters. The topological polar surface area (TPSA) is 20.3 Å². The summed E-state index contributed by atoms with van der Waals surface area (Å²) in [5.41, 5.74) is 0.724. The lowest BCUT2D eigenvalue weighted by Crippen LogP contribution is -2.24. The van der Waals surface area contributed by atoms with Crippen LogP contribution in [0.25, 0.3) is 0 Å². The second-order valence-electron chi connectivity index (χ2n) is 2.39. The molecular formula is C8H11NO. The number of nitrogens with zero attached hydrogens (tertiary/aromatic N) is 1. The molecule has 1 aliphatic rings. The summed E-state index contributed by atoms with van der Waals surface area (Å²) in [6.45, 7) is 8.66. The van der Waals surface area contributed by atoms with E-state index in [0.29, 0.717) is 6.54 Å². The Labute approximate surface area is 60.8 Å². The van der Waals surface area contributed by atoms with Crippen LogP contribution in [0.1, 0.15) is 6.42 Å². The summed E-state index contributed by atoms with van der Waals surface area (Å²) in [4.78, 5) is 12.8. The Kier molecular flexibility index (Phi) is 1.90. The normalized spacial score (nSPS) is 18.2. The van der Waals surface area contributed by atoms with E-state index in [1.54, 1.807) is 11.0 Å². The Morgan fingerprint density at radius 1 is 1.70 bits per heavy atom. The summed E-state index contributed by atoms with van der Waals surface area (Å²) in [7, 11) is 0. The molecule has 0 bridgehead atoms. The van der Waals surface area contributed by atoms with Crippen LogP contribution in [0.3, 0.4) is 0 Å². The highest BCUT2D eigenvalue weighted by Gasteiger charge is 2.22. The fourth-order valence-corrected chi connectivity index (χ4v) is 1.03. The number of amides is 1. The minimum absolute atomic E-state index is 0.0832. The molecule has 0 aliphatic carbocycles. The maximum atomic E-state index is 11.1. The van der Waals surface area contributed by atoms with Crippen molar-refractivity contribution >= 4 is 5.91 Å². The molecule has 0 radical (unpaired) electrons. The summed E-state index contributed by atoms with van der Waals surface area (Å²) in [5, 5.41) is 0. The fourth-order valence-electron chi connectivity index (χ4n) is 1.03. The van der Waals surface area contributed by atoms with Crippen LogP contribution < -0.4 is 0 Å². The number of carbonyl (C=O) groups is 1. The molecule has 2 heteroatoms. The van der Waals surface area contributed by atoms with Gasteiger partial charge in [-0.3, -0.25) is 4.79 Å². The Hall–Kier alpha value is -1.05. The Balaban J connectivity index is 2.57. The van der Waals surface area contributed by atoms with E-state index in [1.807, 2.05) is 0 Å². The summed E-state index contributed by atoms with van der Waals surface area (Å²) >= 11 is 0. The third kappa shape index (κ3) is 1.10. The van der Waals surface area contributed by atoms with E-state index in [-0.39, 0.29) is 5.91 Å². The zero-order valence-electron chi connectivity index (χ0n) is 5.97. The predicted octanol–water partition coefficient (Wildman–Crippen LogP) is 0.961. The first-order chi connectivity index (χ1) is 4.75. The predicted molar refractivity (Wildman–Crippen MR) is 40.5 cm³/mol. The molecular weight excluding hydrogens is 126 g/mol. The molecule has 1 saturated heterocycles. The monoisotopic (exact) mass is 137 g/mol. The van der Waals surface area contributed by atoms with Gasteiger partial charge in [0.05, 0.1) is 0 Å². The summed E-state index contributed by atoms with van der Waals surface area (Å²) in [6.07, 6.45) is 2.54. The maximum Gasteiger partial charge on any atom is 0.249 e. The third-order valence-electron chi connectivity index (χ3n) is 1.62. The third-order valence-corrected chi connectivity index (χ3v) is 1.62. The van der Waals surface area contributed by atoms with Gasteiger partial charge >= 0.3 is 0 Å². The Bertz CT molecular complexity index is 184. The molecule has 0 saturated carbocycles. The van der Waals surface area contributed by atoms with Crippen molar-refractivity contribution in [2.45, 2.75) is 6.42 Å². The zero-order chi connectivity index (χ0) is 7.56. The van der Waals surface area contributed by atoms with Crippen molar-refractivity contribution in [3.05, 3.63) is 24.8 Å². The summed E-state index contributed by atoms with van der Waals surface area (Å²) in [5.74, 6) is 0.0832. The summed E-state index contributed by atoms with van der Waals surface area (Å²) < 4.78 is 0. The van der Waals surface area contributed by atoms with E-state index in [4.69, 9.17) is 0 Å². The van der Waals surface area contributed by atoms with Gasteiger partial charge in [0.2, 0.25) is 5.91 Å². The van der Waals surface area contributed by atoms with Crippen LogP contribution in [0.2, 0.25) is 0 Å². The van der Waals surface area contributed by atoms with Gasteiger partial charge in [0.25, 0.3) is 0 Å². The highest BCUT2D eigenvalue weighted by Crippen LogP contribution is 2.13. The van der Waals surface area contributed by atoms with Crippen LogP contribution in [0.15, 0.2) is 24.8 Å². The lowest BCUT2D eigenvalue weighted by atomic mass is 10.3. The van der Waals surface area contributed by atoms with Gasteiger partial charge in [0, 0.05) is 18.7 Å².